The average molecular weight is 338 g/mol. The van der Waals surface area contributed by atoms with Gasteiger partial charge in [0, 0.05) is 6.04 Å². The fraction of sp³-hybridized carbons (Fsp3) is 0.250. The SMILES string of the molecule is Br.CNC(Cc1ccc(O)c(O)c1)c1ccc(C)cc1. The van der Waals surface area contributed by atoms with Crippen LogP contribution in [0.4, 0.5) is 0 Å². The smallest absolute Gasteiger partial charge is 0.157 e. The van der Waals surface area contributed by atoms with Crippen molar-refractivity contribution in [3.63, 3.8) is 0 Å². The van der Waals surface area contributed by atoms with Gasteiger partial charge in [0.1, 0.15) is 0 Å². The standard InChI is InChI=1S/C16H19NO2.BrH/c1-11-3-6-13(7-4-11)14(17-2)9-12-5-8-15(18)16(19)10-12;/h3-8,10,14,17-19H,9H2,1-2H3;1H. The number of phenols is 2. The van der Waals surface area contributed by atoms with E-state index in [4.69, 9.17) is 0 Å². The van der Waals surface area contributed by atoms with Crippen molar-refractivity contribution < 1.29 is 10.2 Å². The van der Waals surface area contributed by atoms with Crippen LogP contribution in [-0.4, -0.2) is 17.3 Å². The van der Waals surface area contributed by atoms with Gasteiger partial charge in [-0.3, -0.25) is 0 Å². The molecule has 108 valence electrons. The van der Waals surface area contributed by atoms with Crippen LogP contribution in [0, 0.1) is 6.92 Å². The largest absolute Gasteiger partial charge is 0.504 e. The number of likely N-dealkylation sites (N-methyl/N-ethyl adjacent to an activating group) is 1. The van der Waals surface area contributed by atoms with Crippen LogP contribution < -0.4 is 5.32 Å². The first kappa shape index (κ1) is 16.5. The van der Waals surface area contributed by atoms with Gasteiger partial charge < -0.3 is 15.5 Å². The van der Waals surface area contributed by atoms with Gasteiger partial charge in [-0.25, -0.2) is 0 Å². The zero-order valence-corrected chi connectivity index (χ0v) is 13.3. The molecule has 0 bridgehead atoms. The zero-order chi connectivity index (χ0) is 13.8. The molecule has 0 saturated heterocycles. The molecular weight excluding hydrogens is 318 g/mol. The normalized spacial score (nSPS) is 11.7. The lowest BCUT2D eigenvalue weighted by molar-refractivity contribution is 0.402. The Labute approximate surface area is 130 Å². The molecule has 1 atom stereocenters. The zero-order valence-electron chi connectivity index (χ0n) is 11.6. The summed E-state index contributed by atoms with van der Waals surface area (Å²) in [5.74, 6) is -0.156. The summed E-state index contributed by atoms with van der Waals surface area (Å²) < 4.78 is 0. The molecule has 0 aliphatic carbocycles. The van der Waals surface area contributed by atoms with Gasteiger partial charge in [-0.1, -0.05) is 35.9 Å². The Morgan fingerprint density at radius 3 is 2.20 bits per heavy atom. The molecule has 0 aliphatic rings. The first-order chi connectivity index (χ1) is 9.10. The summed E-state index contributed by atoms with van der Waals surface area (Å²) in [5.41, 5.74) is 3.43. The summed E-state index contributed by atoms with van der Waals surface area (Å²) in [6.45, 7) is 2.07. The Morgan fingerprint density at radius 2 is 1.65 bits per heavy atom. The van der Waals surface area contributed by atoms with Gasteiger partial charge in [-0.15, -0.1) is 17.0 Å². The first-order valence-electron chi connectivity index (χ1n) is 6.35. The van der Waals surface area contributed by atoms with Crippen molar-refractivity contribution in [1.29, 1.82) is 0 Å². The molecule has 2 rings (SSSR count). The molecule has 0 spiro atoms. The maximum atomic E-state index is 9.52. The molecule has 0 aromatic heterocycles. The van der Waals surface area contributed by atoms with Crippen LogP contribution in [0.2, 0.25) is 0 Å². The highest BCUT2D eigenvalue weighted by atomic mass is 79.9. The predicted molar refractivity (Wildman–Crippen MR) is 86.8 cm³/mol. The highest BCUT2D eigenvalue weighted by Crippen LogP contribution is 2.27. The summed E-state index contributed by atoms with van der Waals surface area (Å²) in [6, 6.07) is 13.5. The van der Waals surface area contributed by atoms with Crippen LogP contribution in [0.15, 0.2) is 42.5 Å². The average Bonchev–Trinajstić information content (AvgIpc) is 2.41. The van der Waals surface area contributed by atoms with Crippen molar-refractivity contribution in [3.05, 3.63) is 59.2 Å². The summed E-state index contributed by atoms with van der Waals surface area (Å²) in [5, 5.41) is 22.1. The molecule has 3 nitrogen and oxygen atoms in total. The Hall–Kier alpha value is -1.52. The van der Waals surface area contributed by atoms with Gasteiger partial charge >= 0.3 is 0 Å². The van der Waals surface area contributed by atoms with E-state index in [-0.39, 0.29) is 34.5 Å². The minimum Gasteiger partial charge on any atom is -0.504 e. The predicted octanol–water partition coefficient (Wildman–Crippen LogP) is 3.49. The van der Waals surface area contributed by atoms with Crippen LogP contribution in [-0.2, 0) is 6.42 Å². The number of hydrogen-bond donors (Lipinski definition) is 3. The van der Waals surface area contributed by atoms with Crippen LogP contribution in [0.5, 0.6) is 11.5 Å². The molecular formula is C16H20BrNO2. The first-order valence-corrected chi connectivity index (χ1v) is 6.35. The molecule has 2 aromatic carbocycles. The molecule has 2 aromatic rings. The third kappa shape index (κ3) is 3.99. The molecule has 4 heteroatoms. The van der Waals surface area contributed by atoms with Crippen molar-refractivity contribution >= 4 is 17.0 Å². The monoisotopic (exact) mass is 337 g/mol. The Morgan fingerprint density at radius 1 is 1.00 bits per heavy atom. The van der Waals surface area contributed by atoms with E-state index in [0.29, 0.717) is 0 Å². The number of halogens is 1. The molecule has 0 aliphatic heterocycles. The Kier molecular flexibility index (Phi) is 6.05. The minimum atomic E-state index is -0.0832. The number of benzene rings is 2. The molecule has 0 amide bonds. The van der Waals surface area contributed by atoms with E-state index in [1.807, 2.05) is 13.1 Å². The second-order valence-corrected chi connectivity index (χ2v) is 4.78. The quantitative estimate of drug-likeness (QED) is 0.748. The lowest BCUT2D eigenvalue weighted by Crippen LogP contribution is -2.18. The highest BCUT2D eigenvalue weighted by molar-refractivity contribution is 8.93. The second kappa shape index (κ2) is 7.31. The van der Waals surface area contributed by atoms with E-state index in [2.05, 4.69) is 36.5 Å². The lowest BCUT2D eigenvalue weighted by atomic mass is 9.98. The van der Waals surface area contributed by atoms with E-state index < -0.39 is 0 Å². The van der Waals surface area contributed by atoms with Crippen LogP contribution >= 0.6 is 17.0 Å². The molecule has 1 unspecified atom stereocenters. The van der Waals surface area contributed by atoms with E-state index >= 15 is 0 Å². The van der Waals surface area contributed by atoms with E-state index in [9.17, 15) is 10.2 Å². The summed E-state index contributed by atoms with van der Waals surface area (Å²) in [4.78, 5) is 0. The molecule has 3 N–H and O–H groups in total. The van der Waals surface area contributed by atoms with Crippen molar-refractivity contribution in [2.45, 2.75) is 19.4 Å². The van der Waals surface area contributed by atoms with Gasteiger partial charge in [0.05, 0.1) is 0 Å². The molecule has 20 heavy (non-hydrogen) atoms. The summed E-state index contributed by atoms with van der Waals surface area (Å²) in [7, 11) is 1.92. The van der Waals surface area contributed by atoms with Crippen molar-refractivity contribution in [3.8, 4) is 11.5 Å². The highest BCUT2D eigenvalue weighted by Gasteiger charge is 2.11. The summed E-state index contributed by atoms with van der Waals surface area (Å²) >= 11 is 0. The van der Waals surface area contributed by atoms with Crippen LogP contribution in [0.3, 0.4) is 0 Å². The van der Waals surface area contributed by atoms with Gasteiger partial charge in [0.25, 0.3) is 0 Å². The fourth-order valence-electron chi connectivity index (χ4n) is 2.12. The van der Waals surface area contributed by atoms with E-state index in [1.54, 1.807) is 6.07 Å². The van der Waals surface area contributed by atoms with E-state index in [1.165, 1.54) is 17.2 Å². The minimum absolute atomic E-state index is 0. The Bertz CT molecular complexity index is 555. The van der Waals surface area contributed by atoms with Gasteiger partial charge in [-0.2, -0.15) is 0 Å². The number of phenolic OH excluding ortho intramolecular Hbond substituents is 2. The maximum Gasteiger partial charge on any atom is 0.157 e. The third-order valence-electron chi connectivity index (χ3n) is 3.31. The lowest BCUT2D eigenvalue weighted by Gasteiger charge is -2.17. The molecule has 0 heterocycles. The van der Waals surface area contributed by atoms with Crippen molar-refractivity contribution in [2.24, 2.45) is 0 Å². The van der Waals surface area contributed by atoms with E-state index in [0.717, 1.165) is 12.0 Å². The van der Waals surface area contributed by atoms with Crippen LogP contribution in [0.25, 0.3) is 0 Å². The van der Waals surface area contributed by atoms with Crippen molar-refractivity contribution in [2.75, 3.05) is 7.05 Å². The van der Waals surface area contributed by atoms with Crippen molar-refractivity contribution in [1.82, 2.24) is 5.32 Å². The number of nitrogens with one attached hydrogen (secondary N) is 1. The van der Waals surface area contributed by atoms with Gasteiger partial charge in [0.2, 0.25) is 0 Å². The number of hydrogen-bond acceptors (Lipinski definition) is 3. The second-order valence-electron chi connectivity index (χ2n) is 4.78. The fourth-order valence-corrected chi connectivity index (χ4v) is 2.12. The topological polar surface area (TPSA) is 52.5 Å². The number of aromatic hydroxyl groups is 2. The molecule has 0 radical (unpaired) electrons. The third-order valence-corrected chi connectivity index (χ3v) is 3.31. The number of aryl methyl sites for hydroxylation is 1. The number of rotatable bonds is 4. The van der Waals surface area contributed by atoms with Crippen LogP contribution in [0.1, 0.15) is 22.7 Å². The van der Waals surface area contributed by atoms with Gasteiger partial charge in [-0.05, 0) is 43.7 Å². The summed E-state index contributed by atoms with van der Waals surface area (Å²) in [6.07, 6.45) is 0.757. The Balaban J connectivity index is 0.00000200. The molecule has 0 fully saturated rings. The maximum absolute atomic E-state index is 9.52. The van der Waals surface area contributed by atoms with Gasteiger partial charge in [0.15, 0.2) is 11.5 Å². The molecule has 0 saturated carbocycles.